The molecule has 0 bridgehead atoms. The van der Waals surface area contributed by atoms with E-state index in [1.807, 2.05) is 7.05 Å². The smallest absolute Gasteiger partial charge is 0.240 e. The normalized spacial score (nSPS) is 18.5. The quantitative estimate of drug-likeness (QED) is 0.700. The highest BCUT2D eigenvalue weighted by Crippen LogP contribution is 2.25. The Kier molecular flexibility index (Phi) is 4.64. The lowest BCUT2D eigenvalue weighted by Crippen LogP contribution is -2.43. The van der Waals surface area contributed by atoms with Gasteiger partial charge in [-0.05, 0) is 18.8 Å². The minimum absolute atomic E-state index is 0.0279. The van der Waals surface area contributed by atoms with Gasteiger partial charge < -0.3 is 10.6 Å². The zero-order valence-corrected chi connectivity index (χ0v) is 9.41. The molecule has 0 aromatic rings. The zero-order chi connectivity index (χ0) is 11.3. The molecule has 15 heavy (non-hydrogen) atoms. The molecule has 3 heteroatoms. The summed E-state index contributed by atoms with van der Waals surface area (Å²) in [4.78, 5) is 13.5. The van der Waals surface area contributed by atoms with Gasteiger partial charge in [0.15, 0.2) is 0 Å². The molecule has 0 radical (unpaired) electrons. The third-order valence-electron chi connectivity index (χ3n) is 3.04. The van der Waals surface area contributed by atoms with Crippen molar-refractivity contribution in [2.45, 2.75) is 38.1 Å². The van der Waals surface area contributed by atoms with Crippen molar-refractivity contribution >= 4 is 5.91 Å². The Morgan fingerprint density at radius 3 is 2.73 bits per heavy atom. The third-order valence-corrected chi connectivity index (χ3v) is 3.04. The van der Waals surface area contributed by atoms with Crippen LogP contribution in [0.4, 0.5) is 0 Å². The zero-order valence-electron chi connectivity index (χ0n) is 9.41. The van der Waals surface area contributed by atoms with Crippen molar-refractivity contribution in [1.82, 2.24) is 4.90 Å². The first-order chi connectivity index (χ1) is 7.15. The average molecular weight is 208 g/mol. The highest BCUT2D eigenvalue weighted by molar-refractivity contribution is 5.81. The van der Waals surface area contributed by atoms with Gasteiger partial charge >= 0.3 is 0 Å². The molecular weight excluding hydrogens is 188 g/mol. The van der Waals surface area contributed by atoms with Crippen LogP contribution in [0.25, 0.3) is 0 Å². The van der Waals surface area contributed by atoms with Gasteiger partial charge in [0.2, 0.25) is 5.91 Å². The van der Waals surface area contributed by atoms with Gasteiger partial charge in [0, 0.05) is 20.0 Å². The molecule has 2 N–H and O–H groups in total. The molecule has 0 heterocycles. The number of terminal acetylenes is 1. The van der Waals surface area contributed by atoms with Crippen molar-refractivity contribution in [3.05, 3.63) is 0 Å². The second kappa shape index (κ2) is 5.77. The molecule has 0 aromatic carbocycles. The van der Waals surface area contributed by atoms with Gasteiger partial charge in [0.25, 0.3) is 0 Å². The molecule has 1 rings (SSSR count). The fourth-order valence-electron chi connectivity index (χ4n) is 2.17. The van der Waals surface area contributed by atoms with Crippen LogP contribution >= 0.6 is 0 Å². The highest BCUT2D eigenvalue weighted by atomic mass is 16.2. The standard InChI is InChI=1S/C12H20N2O/c1-3-6-11(13)12(15)14(2)9-10-7-4-5-8-10/h1,10-11H,4-9,13H2,2H3. The predicted molar refractivity (Wildman–Crippen MR) is 61.0 cm³/mol. The fraction of sp³-hybridized carbons (Fsp3) is 0.750. The summed E-state index contributed by atoms with van der Waals surface area (Å²) in [7, 11) is 1.82. The molecule has 1 fully saturated rings. The first-order valence-corrected chi connectivity index (χ1v) is 5.59. The van der Waals surface area contributed by atoms with Crippen LogP contribution in [0.15, 0.2) is 0 Å². The minimum Gasteiger partial charge on any atom is -0.344 e. The van der Waals surface area contributed by atoms with Crippen molar-refractivity contribution in [1.29, 1.82) is 0 Å². The van der Waals surface area contributed by atoms with Crippen molar-refractivity contribution in [3.8, 4) is 12.3 Å². The van der Waals surface area contributed by atoms with Gasteiger partial charge in [0.05, 0.1) is 6.04 Å². The van der Waals surface area contributed by atoms with Crippen LogP contribution in [0.2, 0.25) is 0 Å². The molecule has 1 atom stereocenters. The number of amides is 1. The molecule has 1 aliphatic rings. The summed E-state index contributed by atoms with van der Waals surface area (Å²) in [6.45, 7) is 0.830. The number of rotatable bonds is 4. The highest BCUT2D eigenvalue weighted by Gasteiger charge is 2.22. The first-order valence-electron chi connectivity index (χ1n) is 5.59. The largest absolute Gasteiger partial charge is 0.344 e. The maximum atomic E-state index is 11.7. The maximum Gasteiger partial charge on any atom is 0.240 e. The molecule has 0 aliphatic heterocycles. The lowest BCUT2D eigenvalue weighted by molar-refractivity contribution is -0.131. The van der Waals surface area contributed by atoms with E-state index >= 15 is 0 Å². The Labute approximate surface area is 92.0 Å². The Bertz CT molecular complexity index is 251. The SMILES string of the molecule is C#CCC(N)C(=O)N(C)CC1CCCC1. The van der Waals surface area contributed by atoms with Gasteiger partial charge in [-0.3, -0.25) is 4.79 Å². The summed E-state index contributed by atoms with van der Waals surface area (Å²) < 4.78 is 0. The summed E-state index contributed by atoms with van der Waals surface area (Å²) in [5, 5.41) is 0. The summed E-state index contributed by atoms with van der Waals surface area (Å²) in [6, 6.07) is -0.526. The van der Waals surface area contributed by atoms with Crippen molar-refractivity contribution < 1.29 is 4.79 Å². The molecular formula is C12H20N2O. The summed E-state index contributed by atoms with van der Waals surface area (Å²) in [5.41, 5.74) is 5.67. The molecule has 3 nitrogen and oxygen atoms in total. The first kappa shape index (κ1) is 12.1. The van der Waals surface area contributed by atoms with Gasteiger partial charge in [-0.1, -0.05) is 12.8 Å². The van der Waals surface area contributed by atoms with Gasteiger partial charge in [-0.25, -0.2) is 0 Å². The molecule has 1 unspecified atom stereocenters. The molecule has 84 valence electrons. The predicted octanol–water partition coefficient (Wildman–Crippen LogP) is 0.986. The van der Waals surface area contributed by atoms with E-state index in [9.17, 15) is 4.79 Å². The molecule has 0 aromatic heterocycles. The van der Waals surface area contributed by atoms with E-state index in [1.165, 1.54) is 25.7 Å². The molecule has 0 saturated heterocycles. The monoisotopic (exact) mass is 208 g/mol. The van der Waals surface area contributed by atoms with Gasteiger partial charge in [-0.2, -0.15) is 0 Å². The van der Waals surface area contributed by atoms with E-state index in [0.717, 1.165) is 6.54 Å². The van der Waals surface area contributed by atoms with E-state index in [-0.39, 0.29) is 5.91 Å². The van der Waals surface area contributed by atoms with Crippen LogP contribution < -0.4 is 5.73 Å². The number of carbonyl (C=O) groups excluding carboxylic acids is 1. The van der Waals surface area contributed by atoms with Gasteiger partial charge in [-0.15, -0.1) is 12.3 Å². The second-order valence-electron chi connectivity index (χ2n) is 4.38. The van der Waals surface area contributed by atoms with E-state index in [4.69, 9.17) is 12.2 Å². The minimum atomic E-state index is -0.526. The van der Waals surface area contributed by atoms with E-state index in [2.05, 4.69) is 5.92 Å². The average Bonchev–Trinajstić information content (AvgIpc) is 2.69. The summed E-state index contributed by atoms with van der Waals surface area (Å²) in [6.07, 6.45) is 10.5. The number of hydrogen-bond acceptors (Lipinski definition) is 2. The van der Waals surface area contributed by atoms with Crippen LogP contribution in [0.1, 0.15) is 32.1 Å². The van der Waals surface area contributed by atoms with E-state index < -0.39 is 6.04 Å². The lowest BCUT2D eigenvalue weighted by atomic mass is 10.1. The lowest BCUT2D eigenvalue weighted by Gasteiger charge is -2.23. The van der Waals surface area contributed by atoms with Crippen LogP contribution in [-0.2, 0) is 4.79 Å². The number of nitrogens with two attached hydrogens (primary N) is 1. The number of carbonyl (C=O) groups is 1. The number of hydrogen-bond donors (Lipinski definition) is 1. The summed E-state index contributed by atoms with van der Waals surface area (Å²) >= 11 is 0. The Balaban J connectivity index is 2.35. The molecule has 1 saturated carbocycles. The molecule has 0 spiro atoms. The van der Waals surface area contributed by atoms with Crippen molar-refractivity contribution in [2.75, 3.05) is 13.6 Å². The van der Waals surface area contributed by atoms with Crippen LogP contribution in [0, 0.1) is 18.3 Å². The summed E-state index contributed by atoms with van der Waals surface area (Å²) in [5.74, 6) is 3.06. The Morgan fingerprint density at radius 2 is 2.20 bits per heavy atom. The third kappa shape index (κ3) is 3.56. The molecule has 1 amide bonds. The fourth-order valence-corrected chi connectivity index (χ4v) is 2.17. The van der Waals surface area contributed by atoms with Crippen molar-refractivity contribution in [2.24, 2.45) is 11.7 Å². The van der Waals surface area contributed by atoms with E-state index in [1.54, 1.807) is 4.90 Å². The maximum absolute atomic E-state index is 11.7. The van der Waals surface area contributed by atoms with Crippen LogP contribution in [0.5, 0.6) is 0 Å². The molecule has 1 aliphatic carbocycles. The topological polar surface area (TPSA) is 46.3 Å². The Morgan fingerprint density at radius 1 is 1.60 bits per heavy atom. The van der Waals surface area contributed by atoms with Crippen molar-refractivity contribution in [3.63, 3.8) is 0 Å². The van der Waals surface area contributed by atoms with Crippen LogP contribution in [-0.4, -0.2) is 30.4 Å². The van der Waals surface area contributed by atoms with E-state index in [0.29, 0.717) is 12.3 Å². The second-order valence-corrected chi connectivity index (χ2v) is 4.38. The number of nitrogens with zero attached hydrogens (tertiary/aromatic N) is 1. The van der Waals surface area contributed by atoms with Gasteiger partial charge in [0.1, 0.15) is 0 Å². The number of likely N-dealkylation sites (N-methyl/N-ethyl adjacent to an activating group) is 1. The Hall–Kier alpha value is -1.01. The van der Waals surface area contributed by atoms with Crippen LogP contribution in [0.3, 0.4) is 0 Å².